The molecule has 1 aromatic carbocycles. The van der Waals surface area contributed by atoms with Gasteiger partial charge in [0.05, 0.1) is 0 Å². The van der Waals surface area contributed by atoms with Gasteiger partial charge in [-0.2, -0.15) is 0 Å². The summed E-state index contributed by atoms with van der Waals surface area (Å²) in [6, 6.07) is 8.12. The highest BCUT2D eigenvalue weighted by molar-refractivity contribution is 6.34. The summed E-state index contributed by atoms with van der Waals surface area (Å²) < 4.78 is 0. The Morgan fingerprint density at radius 3 is 2.60 bits per heavy atom. The lowest BCUT2D eigenvalue weighted by Gasteiger charge is -2.24. The molecule has 1 aromatic heterocycles. The Morgan fingerprint density at radius 1 is 1.05 bits per heavy atom. The van der Waals surface area contributed by atoms with Crippen LogP contribution in [-0.4, -0.2) is 23.3 Å². The largest absolute Gasteiger partial charge is 0.355 e. The van der Waals surface area contributed by atoms with Gasteiger partial charge in [0.15, 0.2) is 11.0 Å². The van der Waals surface area contributed by atoms with Gasteiger partial charge < -0.3 is 4.90 Å². The zero-order valence-corrected chi connectivity index (χ0v) is 12.8. The van der Waals surface area contributed by atoms with E-state index in [9.17, 15) is 0 Å². The second-order valence-corrected chi connectivity index (χ2v) is 6.72. The second kappa shape index (κ2) is 5.21. The van der Waals surface area contributed by atoms with Crippen molar-refractivity contribution < 1.29 is 0 Å². The third-order valence-electron chi connectivity index (χ3n) is 4.26. The van der Waals surface area contributed by atoms with Gasteiger partial charge in [0.1, 0.15) is 0 Å². The molecule has 0 N–H and O–H groups in total. The van der Waals surface area contributed by atoms with Crippen LogP contribution < -0.4 is 4.90 Å². The van der Waals surface area contributed by atoms with E-state index in [1.54, 1.807) is 0 Å². The predicted octanol–water partition coefficient (Wildman–Crippen LogP) is 4.30. The summed E-state index contributed by atoms with van der Waals surface area (Å²) in [7, 11) is 0. The molecule has 0 saturated carbocycles. The summed E-state index contributed by atoms with van der Waals surface area (Å²) in [4.78, 5) is 2.36. The molecule has 0 bridgehead atoms. The highest BCUT2D eigenvalue weighted by atomic mass is 35.5. The van der Waals surface area contributed by atoms with E-state index in [0.717, 1.165) is 29.7 Å². The molecule has 2 aromatic rings. The van der Waals surface area contributed by atoms with Crippen LogP contribution in [-0.2, 0) is 0 Å². The monoisotopic (exact) mass is 289 g/mol. The fourth-order valence-electron chi connectivity index (χ4n) is 2.93. The summed E-state index contributed by atoms with van der Waals surface area (Å²) in [5, 5.41) is 11.1. The van der Waals surface area contributed by atoms with Gasteiger partial charge in [-0.15, -0.1) is 10.2 Å². The number of nitrogens with zero attached hydrogens (tertiary/aromatic N) is 3. The predicted molar refractivity (Wildman–Crippen MR) is 84.4 cm³/mol. The van der Waals surface area contributed by atoms with Gasteiger partial charge in [0.2, 0.25) is 0 Å². The second-order valence-electron chi connectivity index (χ2n) is 6.36. The number of hydrogen-bond donors (Lipinski definition) is 0. The van der Waals surface area contributed by atoms with Gasteiger partial charge in [-0.1, -0.05) is 49.7 Å². The van der Waals surface area contributed by atoms with Crippen molar-refractivity contribution in [3.8, 4) is 0 Å². The van der Waals surface area contributed by atoms with Crippen molar-refractivity contribution in [1.82, 2.24) is 10.2 Å². The molecular weight excluding hydrogens is 270 g/mol. The Morgan fingerprint density at radius 2 is 1.80 bits per heavy atom. The number of fused-ring (bicyclic) bond motifs is 1. The summed E-state index contributed by atoms with van der Waals surface area (Å²) in [5.74, 6) is 0.975. The van der Waals surface area contributed by atoms with Crippen molar-refractivity contribution in [2.45, 2.75) is 33.1 Å². The van der Waals surface area contributed by atoms with Crippen LogP contribution in [0.5, 0.6) is 0 Å². The first-order valence-electron chi connectivity index (χ1n) is 7.23. The average Bonchev–Trinajstić information content (AvgIpc) is 2.61. The summed E-state index contributed by atoms with van der Waals surface area (Å²) in [5.41, 5.74) is 0.421. The highest BCUT2D eigenvalue weighted by Gasteiger charge is 2.24. The Balaban J connectivity index is 2.00. The molecule has 0 amide bonds. The number of hydrogen-bond acceptors (Lipinski definition) is 3. The Hall–Kier alpha value is -1.35. The van der Waals surface area contributed by atoms with Crippen molar-refractivity contribution >= 4 is 28.2 Å². The molecule has 1 fully saturated rings. The lowest BCUT2D eigenvalue weighted by molar-refractivity contribution is 0.325. The maximum Gasteiger partial charge on any atom is 0.159 e. The molecule has 3 nitrogen and oxygen atoms in total. The minimum absolute atomic E-state index is 0.421. The molecule has 1 saturated heterocycles. The van der Waals surface area contributed by atoms with Gasteiger partial charge in [0, 0.05) is 23.9 Å². The average molecular weight is 290 g/mol. The minimum atomic E-state index is 0.421. The molecular formula is C16H20ClN3. The topological polar surface area (TPSA) is 29.0 Å². The molecule has 0 radical (unpaired) electrons. The Bertz CT molecular complexity index is 624. The molecule has 20 heavy (non-hydrogen) atoms. The van der Waals surface area contributed by atoms with E-state index in [4.69, 9.17) is 11.6 Å². The van der Waals surface area contributed by atoms with Crippen molar-refractivity contribution in [1.29, 1.82) is 0 Å². The first-order valence-corrected chi connectivity index (χ1v) is 7.60. The van der Waals surface area contributed by atoms with E-state index < -0.39 is 0 Å². The van der Waals surface area contributed by atoms with Gasteiger partial charge in [0.25, 0.3) is 0 Å². The standard InChI is InChI=1S/C16H20ClN3/c1-16(2)8-5-10-20(11-9-16)15-13-7-4-3-6-12(13)14(17)18-19-15/h3-4,6-7H,5,8-11H2,1-2H3. The van der Waals surface area contributed by atoms with Crippen LogP contribution >= 0.6 is 11.6 Å². The summed E-state index contributed by atoms with van der Waals surface area (Å²) in [6.07, 6.45) is 3.65. The highest BCUT2D eigenvalue weighted by Crippen LogP contribution is 2.34. The van der Waals surface area contributed by atoms with Crippen LogP contribution in [0.2, 0.25) is 5.15 Å². The quantitative estimate of drug-likeness (QED) is 0.784. The molecule has 0 atom stereocenters. The smallest absolute Gasteiger partial charge is 0.159 e. The number of benzene rings is 1. The van der Waals surface area contributed by atoms with Crippen molar-refractivity contribution in [2.24, 2.45) is 5.41 Å². The molecule has 0 spiro atoms. The van der Waals surface area contributed by atoms with Gasteiger partial charge >= 0.3 is 0 Å². The molecule has 0 aliphatic carbocycles. The Labute approximate surface area is 124 Å². The first-order chi connectivity index (χ1) is 9.57. The van der Waals surface area contributed by atoms with Crippen LogP contribution in [0, 0.1) is 5.41 Å². The van der Waals surface area contributed by atoms with Crippen LogP contribution in [0.25, 0.3) is 10.8 Å². The molecule has 106 valence electrons. The molecule has 0 unspecified atom stereocenters. The van der Waals surface area contributed by atoms with Crippen molar-refractivity contribution in [3.05, 3.63) is 29.4 Å². The zero-order chi connectivity index (χ0) is 14.2. The van der Waals surface area contributed by atoms with Crippen LogP contribution in [0.1, 0.15) is 33.1 Å². The van der Waals surface area contributed by atoms with Crippen molar-refractivity contribution in [3.63, 3.8) is 0 Å². The summed E-state index contributed by atoms with van der Waals surface area (Å²) >= 11 is 6.15. The first kappa shape index (κ1) is 13.6. The van der Waals surface area contributed by atoms with Gasteiger partial charge in [-0.3, -0.25) is 0 Å². The zero-order valence-electron chi connectivity index (χ0n) is 12.1. The normalized spacial score (nSPS) is 19.1. The molecule has 1 aliphatic heterocycles. The van der Waals surface area contributed by atoms with Crippen LogP contribution in [0.4, 0.5) is 5.82 Å². The number of rotatable bonds is 1. The molecule has 4 heteroatoms. The van der Waals surface area contributed by atoms with E-state index in [1.165, 1.54) is 19.3 Å². The number of halogens is 1. The van der Waals surface area contributed by atoms with E-state index in [0.29, 0.717) is 10.6 Å². The van der Waals surface area contributed by atoms with Gasteiger partial charge in [-0.25, -0.2) is 0 Å². The molecule has 1 aliphatic rings. The fraction of sp³-hybridized carbons (Fsp3) is 0.500. The molecule has 3 rings (SSSR count). The van der Waals surface area contributed by atoms with E-state index in [-0.39, 0.29) is 0 Å². The lowest BCUT2D eigenvalue weighted by atomic mass is 9.85. The van der Waals surface area contributed by atoms with E-state index in [1.807, 2.05) is 18.2 Å². The third-order valence-corrected chi connectivity index (χ3v) is 4.54. The van der Waals surface area contributed by atoms with Gasteiger partial charge in [-0.05, 0) is 24.7 Å². The SMILES string of the molecule is CC1(C)CCCN(c2nnc(Cl)c3ccccc23)CC1. The maximum atomic E-state index is 6.15. The maximum absolute atomic E-state index is 6.15. The van der Waals surface area contributed by atoms with Crippen LogP contribution in [0.15, 0.2) is 24.3 Å². The number of anilines is 1. The third kappa shape index (κ3) is 2.59. The Kier molecular flexibility index (Phi) is 3.55. The fourth-order valence-corrected chi connectivity index (χ4v) is 3.13. The van der Waals surface area contributed by atoms with E-state index in [2.05, 4.69) is 35.0 Å². The number of aromatic nitrogens is 2. The lowest BCUT2D eigenvalue weighted by Crippen LogP contribution is -2.26. The summed E-state index contributed by atoms with van der Waals surface area (Å²) in [6.45, 7) is 6.78. The van der Waals surface area contributed by atoms with E-state index >= 15 is 0 Å². The minimum Gasteiger partial charge on any atom is -0.355 e. The van der Waals surface area contributed by atoms with Crippen molar-refractivity contribution in [2.75, 3.05) is 18.0 Å². The van der Waals surface area contributed by atoms with Crippen LogP contribution in [0.3, 0.4) is 0 Å². The molecule has 2 heterocycles.